The van der Waals surface area contributed by atoms with Crippen molar-refractivity contribution in [2.45, 2.75) is 13.5 Å². The van der Waals surface area contributed by atoms with Crippen molar-refractivity contribution in [2.24, 2.45) is 0 Å². The van der Waals surface area contributed by atoms with Crippen LogP contribution in [0.3, 0.4) is 0 Å². The number of halogens is 1. The number of benzene rings is 1. The van der Waals surface area contributed by atoms with Gasteiger partial charge in [-0.2, -0.15) is 0 Å². The van der Waals surface area contributed by atoms with E-state index in [-0.39, 0.29) is 5.69 Å². The summed E-state index contributed by atoms with van der Waals surface area (Å²) in [6.07, 6.45) is 0. The number of nitrogens with zero attached hydrogens (tertiary/aromatic N) is 2. The molecule has 2 aromatic rings. The zero-order valence-corrected chi connectivity index (χ0v) is 11.8. The summed E-state index contributed by atoms with van der Waals surface area (Å²) in [6.45, 7) is 2.24. The molecule has 0 spiro atoms. The molecule has 6 heteroatoms. The Kier molecular flexibility index (Phi) is 4.11. The summed E-state index contributed by atoms with van der Waals surface area (Å²) >= 11 is 3.41. The molecule has 0 unspecified atom stereocenters. The third-order valence-electron chi connectivity index (χ3n) is 2.62. The minimum Gasteiger partial charge on any atom is -0.366 e. The maximum atomic E-state index is 10.7. The summed E-state index contributed by atoms with van der Waals surface area (Å²) < 4.78 is 1.01. The molecule has 0 saturated heterocycles. The van der Waals surface area contributed by atoms with Crippen LogP contribution < -0.4 is 5.32 Å². The topological polar surface area (TPSA) is 68.1 Å². The van der Waals surface area contributed by atoms with Gasteiger partial charge in [-0.1, -0.05) is 28.1 Å². The lowest BCUT2D eigenvalue weighted by Gasteiger charge is -2.07. The second-order valence-electron chi connectivity index (χ2n) is 4.04. The highest BCUT2D eigenvalue weighted by Gasteiger charge is 2.11. The van der Waals surface area contributed by atoms with E-state index in [1.54, 1.807) is 13.0 Å². The number of nitrogens with one attached hydrogen (secondary N) is 1. The van der Waals surface area contributed by atoms with Crippen LogP contribution in [0.1, 0.15) is 11.3 Å². The standard InChI is InChI=1S/C13H12BrN3O2/c1-9-12(17(18)19)5-6-13(16-9)15-8-10-3-2-4-11(14)7-10/h2-7H,8H2,1H3,(H,15,16). The number of anilines is 1. The maximum Gasteiger partial charge on any atom is 0.290 e. The van der Waals surface area contributed by atoms with Crippen LogP contribution in [0.2, 0.25) is 0 Å². The molecule has 0 aliphatic carbocycles. The van der Waals surface area contributed by atoms with Gasteiger partial charge in [0.2, 0.25) is 0 Å². The van der Waals surface area contributed by atoms with Gasteiger partial charge in [0.15, 0.2) is 0 Å². The average Bonchev–Trinajstić information content (AvgIpc) is 2.36. The summed E-state index contributed by atoms with van der Waals surface area (Å²) in [5.41, 5.74) is 1.55. The van der Waals surface area contributed by atoms with Crippen molar-refractivity contribution < 1.29 is 4.92 Å². The van der Waals surface area contributed by atoms with Crippen molar-refractivity contribution in [1.82, 2.24) is 4.98 Å². The molecule has 0 atom stereocenters. The van der Waals surface area contributed by atoms with Crippen LogP contribution in [-0.2, 0) is 6.54 Å². The van der Waals surface area contributed by atoms with Crippen LogP contribution >= 0.6 is 15.9 Å². The smallest absolute Gasteiger partial charge is 0.290 e. The third-order valence-corrected chi connectivity index (χ3v) is 3.11. The second kappa shape index (κ2) is 5.79. The fraction of sp³-hybridized carbons (Fsp3) is 0.154. The van der Waals surface area contributed by atoms with E-state index in [1.807, 2.05) is 24.3 Å². The minimum absolute atomic E-state index is 0.0352. The van der Waals surface area contributed by atoms with E-state index in [9.17, 15) is 10.1 Å². The molecule has 0 aliphatic rings. The first-order valence-corrected chi connectivity index (χ1v) is 6.46. The van der Waals surface area contributed by atoms with Crippen LogP contribution in [0.5, 0.6) is 0 Å². The van der Waals surface area contributed by atoms with Crippen LogP contribution in [0.15, 0.2) is 40.9 Å². The summed E-state index contributed by atoms with van der Waals surface area (Å²) in [6, 6.07) is 11.0. The summed E-state index contributed by atoms with van der Waals surface area (Å²) in [5.74, 6) is 0.628. The number of aromatic nitrogens is 1. The molecule has 0 amide bonds. The Bertz CT molecular complexity index is 617. The van der Waals surface area contributed by atoms with Crippen molar-refractivity contribution in [3.63, 3.8) is 0 Å². The largest absolute Gasteiger partial charge is 0.366 e. The zero-order chi connectivity index (χ0) is 13.8. The van der Waals surface area contributed by atoms with E-state index in [1.165, 1.54) is 6.07 Å². The molecule has 2 rings (SSSR count). The molecule has 0 saturated carbocycles. The lowest BCUT2D eigenvalue weighted by atomic mass is 10.2. The molecule has 5 nitrogen and oxygen atoms in total. The molecule has 0 radical (unpaired) electrons. The number of rotatable bonds is 4. The molecule has 0 bridgehead atoms. The first kappa shape index (κ1) is 13.5. The summed E-state index contributed by atoms with van der Waals surface area (Å²) in [4.78, 5) is 14.4. The normalized spacial score (nSPS) is 10.2. The Morgan fingerprint density at radius 3 is 2.79 bits per heavy atom. The molecule has 1 aromatic carbocycles. The van der Waals surface area contributed by atoms with Gasteiger partial charge in [0.1, 0.15) is 11.5 Å². The molecule has 0 aliphatic heterocycles. The number of aryl methyl sites for hydroxylation is 1. The minimum atomic E-state index is -0.430. The number of nitro groups is 1. The fourth-order valence-corrected chi connectivity index (χ4v) is 2.13. The van der Waals surface area contributed by atoms with Gasteiger partial charge in [0.25, 0.3) is 5.69 Å². The van der Waals surface area contributed by atoms with Crippen molar-refractivity contribution in [3.8, 4) is 0 Å². The van der Waals surface area contributed by atoms with Gasteiger partial charge in [0.05, 0.1) is 4.92 Å². The molecule has 1 heterocycles. The van der Waals surface area contributed by atoms with Crippen molar-refractivity contribution in [1.29, 1.82) is 0 Å². The zero-order valence-electron chi connectivity index (χ0n) is 10.3. The highest BCUT2D eigenvalue weighted by molar-refractivity contribution is 9.10. The summed E-state index contributed by atoms with van der Waals surface area (Å²) in [7, 11) is 0. The molecular formula is C13H12BrN3O2. The number of hydrogen-bond acceptors (Lipinski definition) is 4. The molecule has 1 N–H and O–H groups in total. The van der Waals surface area contributed by atoms with E-state index in [0.717, 1.165) is 10.0 Å². The highest BCUT2D eigenvalue weighted by atomic mass is 79.9. The van der Waals surface area contributed by atoms with Gasteiger partial charge in [0, 0.05) is 17.1 Å². The Balaban J connectivity index is 2.08. The Morgan fingerprint density at radius 1 is 1.37 bits per heavy atom. The lowest BCUT2D eigenvalue weighted by molar-refractivity contribution is -0.385. The Hall–Kier alpha value is -1.95. The maximum absolute atomic E-state index is 10.7. The lowest BCUT2D eigenvalue weighted by Crippen LogP contribution is -2.03. The third kappa shape index (κ3) is 3.51. The monoisotopic (exact) mass is 321 g/mol. The molecule has 98 valence electrons. The van der Waals surface area contributed by atoms with Crippen LogP contribution in [0.25, 0.3) is 0 Å². The van der Waals surface area contributed by atoms with Crippen LogP contribution in [0, 0.1) is 17.0 Å². The van der Waals surface area contributed by atoms with Crippen molar-refractivity contribution >= 4 is 27.4 Å². The molecule has 0 fully saturated rings. The van der Waals surface area contributed by atoms with E-state index < -0.39 is 4.92 Å². The second-order valence-corrected chi connectivity index (χ2v) is 4.96. The van der Waals surface area contributed by atoms with Gasteiger partial charge >= 0.3 is 0 Å². The van der Waals surface area contributed by atoms with Crippen LogP contribution in [0.4, 0.5) is 11.5 Å². The molecular weight excluding hydrogens is 310 g/mol. The van der Waals surface area contributed by atoms with Crippen molar-refractivity contribution in [3.05, 3.63) is 62.2 Å². The number of hydrogen-bond donors (Lipinski definition) is 1. The predicted octanol–water partition coefficient (Wildman–Crippen LogP) is 3.67. The molecule has 19 heavy (non-hydrogen) atoms. The van der Waals surface area contributed by atoms with Gasteiger partial charge in [-0.05, 0) is 30.7 Å². The number of pyridine rings is 1. The van der Waals surface area contributed by atoms with Gasteiger partial charge in [-0.3, -0.25) is 10.1 Å². The van der Waals surface area contributed by atoms with Crippen LogP contribution in [-0.4, -0.2) is 9.91 Å². The van der Waals surface area contributed by atoms with Crippen molar-refractivity contribution in [2.75, 3.05) is 5.32 Å². The van der Waals surface area contributed by atoms with E-state index in [4.69, 9.17) is 0 Å². The first-order valence-electron chi connectivity index (χ1n) is 5.66. The Morgan fingerprint density at radius 2 is 2.16 bits per heavy atom. The van der Waals surface area contributed by atoms with Gasteiger partial charge in [-0.15, -0.1) is 0 Å². The summed E-state index contributed by atoms with van der Waals surface area (Å²) in [5, 5.41) is 13.8. The highest BCUT2D eigenvalue weighted by Crippen LogP contribution is 2.18. The first-order chi connectivity index (χ1) is 9.06. The predicted molar refractivity (Wildman–Crippen MR) is 77.1 cm³/mol. The van der Waals surface area contributed by atoms with Gasteiger partial charge < -0.3 is 5.32 Å². The van der Waals surface area contributed by atoms with E-state index >= 15 is 0 Å². The Labute approximate surface area is 119 Å². The average molecular weight is 322 g/mol. The van der Waals surface area contributed by atoms with E-state index in [0.29, 0.717) is 18.1 Å². The quantitative estimate of drug-likeness (QED) is 0.689. The molecule has 1 aromatic heterocycles. The van der Waals surface area contributed by atoms with Gasteiger partial charge in [-0.25, -0.2) is 4.98 Å². The SMILES string of the molecule is Cc1nc(NCc2cccc(Br)c2)ccc1[N+](=O)[O-]. The van der Waals surface area contributed by atoms with E-state index in [2.05, 4.69) is 26.2 Å². The fourth-order valence-electron chi connectivity index (χ4n) is 1.68.